The standard InChI is InChI=1S/C27H22N4O.C19H14N4/c1-32-25-12-6-20(7-13-25)19-31(24-14-16-28-17-15-24)23-10-8-21(9-11-23)27-29-18-22-4-2-3-5-26(22)30-27;1-2-4-18-15(3-1)13-21-19(23-18)14-5-7-16(8-6-14)22-17-9-11-20-12-10-17/h2-18H,19H2,1H3;1-13H,(H,20,22). The molecule has 1 N–H and O–H groups in total. The summed E-state index contributed by atoms with van der Waals surface area (Å²) in [6, 6.07) is 48.5. The summed E-state index contributed by atoms with van der Waals surface area (Å²) in [6.45, 7) is 0.722. The van der Waals surface area contributed by atoms with Crippen LogP contribution in [0.15, 0.2) is 183 Å². The summed E-state index contributed by atoms with van der Waals surface area (Å²) < 4.78 is 5.29. The molecule has 0 fully saturated rings. The molecule has 0 bridgehead atoms. The highest BCUT2D eigenvalue weighted by Gasteiger charge is 2.12. The average molecular weight is 717 g/mol. The summed E-state index contributed by atoms with van der Waals surface area (Å²) in [5, 5.41) is 5.42. The van der Waals surface area contributed by atoms with Gasteiger partial charge in [-0.2, -0.15) is 0 Å². The molecule has 5 aromatic carbocycles. The van der Waals surface area contributed by atoms with Gasteiger partial charge in [0, 0.05) is 88.4 Å². The van der Waals surface area contributed by atoms with Crippen molar-refractivity contribution < 1.29 is 4.74 Å². The van der Waals surface area contributed by atoms with Gasteiger partial charge in [-0.15, -0.1) is 0 Å². The molecule has 0 aliphatic heterocycles. The molecule has 4 aromatic heterocycles. The van der Waals surface area contributed by atoms with Crippen molar-refractivity contribution in [2.75, 3.05) is 17.3 Å². The van der Waals surface area contributed by atoms with E-state index in [-0.39, 0.29) is 0 Å². The lowest BCUT2D eigenvalue weighted by Crippen LogP contribution is -2.16. The number of pyridine rings is 2. The summed E-state index contributed by atoms with van der Waals surface area (Å²) in [4.78, 5) is 28.8. The highest BCUT2D eigenvalue weighted by Crippen LogP contribution is 2.30. The second-order valence-electron chi connectivity index (χ2n) is 12.6. The van der Waals surface area contributed by atoms with E-state index >= 15 is 0 Å². The van der Waals surface area contributed by atoms with Gasteiger partial charge in [-0.05, 0) is 103 Å². The van der Waals surface area contributed by atoms with E-state index in [2.05, 4.69) is 71.5 Å². The van der Waals surface area contributed by atoms with E-state index in [0.29, 0.717) is 0 Å². The van der Waals surface area contributed by atoms with Crippen LogP contribution in [-0.2, 0) is 6.54 Å². The van der Waals surface area contributed by atoms with Gasteiger partial charge in [-0.25, -0.2) is 19.9 Å². The Morgan fingerprint density at radius 3 is 1.56 bits per heavy atom. The van der Waals surface area contributed by atoms with Crippen LogP contribution in [0.5, 0.6) is 5.75 Å². The van der Waals surface area contributed by atoms with Crippen LogP contribution in [0.3, 0.4) is 0 Å². The smallest absolute Gasteiger partial charge is 0.159 e. The van der Waals surface area contributed by atoms with Crippen LogP contribution in [0.25, 0.3) is 44.6 Å². The predicted octanol–water partition coefficient (Wildman–Crippen LogP) is 10.5. The van der Waals surface area contributed by atoms with Crippen LogP contribution < -0.4 is 15.0 Å². The van der Waals surface area contributed by atoms with Crippen LogP contribution in [0.2, 0.25) is 0 Å². The molecular weight excluding hydrogens is 681 g/mol. The number of nitrogens with one attached hydrogen (secondary N) is 1. The molecule has 0 spiro atoms. The second kappa shape index (κ2) is 16.4. The van der Waals surface area contributed by atoms with Crippen LogP contribution in [-0.4, -0.2) is 37.0 Å². The lowest BCUT2D eigenvalue weighted by molar-refractivity contribution is 0.414. The molecule has 0 saturated heterocycles. The van der Waals surface area contributed by atoms with Gasteiger partial charge in [0.05, 0.1) is 18.1 Å². The zero-order valence-corrected chi connectivity index (χ0v) is 30.1. The number of fused-ring (bicyclic) bond motifs is 2. The summed E-state index contributed by atoms with van der Waals surface area (Å²) in [5.41, 5.74) is 9.24. The molecule has 9 nitrogen and oxygen atoms in total. The highest BCUT2D eigenvalue weighted by molar-refractivity contribution is 5.80. The van der Waals surface area contributed by atoms with Crippen LogP contribution >= 0.6 is 0 Å². The number of hydrogen-bond acceptors (Lipinski definition) is 9. The zero-order chi connectivity index (χ0) is 37.2. The monoisotopic (exact) mass is 716 g/mol. The fourth-order valence-electron chi connectivity index (χ4n) is 6.09. The molecular formula is C46H36N8O. The minimum Gasteiger partial charge on any atom is -0.497 e. The Labute approximate surface area is 319 Å². The third-order valence-corrected chi connectivity index (χ3v) is 9.00. The molecule has 9 rings (SSSR count). The number of ether oxygens (including phenoxy) is 1. The first-order valence-corrected chi connectivity index (χ1v) is 17.8. The maximum absolute atomic E-state index is 5.29. The quantitative estimate of drug-likeness (QED) is 0.156. The van der Waals surface area contributed by atoms with Gasteiger partial charge < -0.3 is 15.0 Å². The second-order valence-corrected chi connectivity index (χ2v) is 12.6. The first-order chi connectivity index (χ1) is 27.2. The number of anilines is 4. The molecule has 0 atom stereocenters. The fourth-order valence-corrected chi connectivity index (χ4v) is 6.09. The number of rotatable bonds is 9. The molecule has 0 unspecified atom stereocenters. The minimum absolute atomic E-state index is 0.722. The van der Waals surface area contributed by atoms with E-state index < -0.39 is 0 Å². The number of methoxy groups -OCH3 is 1. The topological polar surface area (TPSA) is 102 Å². The summed E-state index contributed by atoms with van der Waals surface area (Å²) in [7, 11) is 1.68. The summed E-state index contributed by atoms with van der Waals surface area (Å²) in [6.07, 6.45) is 10.9. The van der Waals surface area contributed by atoms with E-state index in [9.17, 15) is 0 Å². The van der Waals surface area contributed by atoms with Crippen molar-refractivity contribution in [3.8, 4) is 28.5 Å². The number of para-hydroxylation sites is 2. The van der Waals surface area contributed by atoms with Gasteiger partial charge in [0.2, 0.25) is 0 Å². The Hall–Kier alpha value is -7.52. The predicted molar refractivity (Wildman–Crippen MR) is 221 cm³/mol. The third kappa shape index (κ3) is 8.42. The van der Waals surface area contributed by atoms with Gasteiger partial charge in [0.25, 0.3) is 0 Å². The van der Waals surface area contributed by atoms with Crippen LogP contribution in [0, 0.1) is 0 Å². The molecule has 4 heterocycles. The van der Waals surface area contributed by atoms with Crippen LogP contribution in [0.1, 0.15) is 5.56 Å². The van der Waals surface area contributed by atoms with Gasteiger partial charge in [0.1, 0.15) is 5.75 Å². The van der Waals surface area contributed by atoms with Crippen molar-refractivity contribution in [1.29, 1.82) is 0 Å². The lowest BCUT2D eigenvalue weighted by Gasteiger charge is -2.25. The molecule has 0 aliphatic carbocycles. The average Bonchev–Trinajstić information content (AvgIpc) is 3.27. The molecule has 0 amide bonds. The largest absolute Gasteiger partial charge is 0.497 e. The summed E-state index contributed by atoms with van der Waals surface area (Å²) >= 11 is 0. The van der Waals surface area contributed by atoms with Crippen molar-refractivity contribution in [3.05, 3.63) is 188 Å². The Bertz CT molecular complexity index is 2620. The first-order valence-electron chi connectivity index (χ1n) is 17.8. The Morgan fingerprint density at radius 2 is 1.00 bits per heavy atom. The van der Waals surface area contributed by atoms with E-state index in [1.165, 1.54) is 5.56 Å². The first kappa shape index (κ1) is 34.6. The van der Waals surface area contributed by atoms with E-state index in [4.69, 9.17) is 9.72 Å². The number of nitrogens with zero attached hydrogens (tertiary/aromatic N) is 7. The minimum atomic E-state index is 0.722. The molecule has 0 radical (unpaired) electrons. The third-order valence-electron chi connectivity index (χ3n) is 9.00. The van der Waals surface area contributed by atoms with Gasteiger partial charge in [-0.1, -0.05) is 48.5 Å². The Kier molecular flexibility index (Phi) is 10.3. The molecule has 9 heteroatoms. The van der Waals surface area contributed by atoms with E-state index in [1.54, 1.807) is 19.5 Å². The Balaban J connectivity index is 0.000000164. The zero-order valence-electron chi connectivity index (χ0n) is 30.1. The normalized spacial score (nSPS) is 10.7. The molecule has 0 saturated carbocycles. The molecule has 266 valence electrons. The maximum Gasteiger partial charge on any atom is 0.159 e. The molecule has 55 heavy (non-hydrogen) atoms. The number of hydrogen-bond donors (Lipinski definition) is 1. The fraction of sp³-hybridized carbons (Fsp3) is 0.0435. The summed E-state index contributed by atoms with van der Waals surface area (Å²) in [5.74, 6) is 2.31. The van der Waals surface area contributed by atoms with E-state index in [1.807, 2.05) is 134 Å². The van der Waals surface area contributed by atoms with Crippen molar-refractivity contribution in [1.82, 2.24) is 29.9 Å². The maximum atomic E-state index is 5.29. The van der Waals surface area contributed by atoms with Gasteiger partial charge >= 0.3 is 0 Å². The number of aromatic nitrogens is 6. The number of benzene rings is 5. The van der Waals surface area contributed by atoms with Crippen molar-refractivity contribution >= 4 is 44.6 Å². The van der Waals surface area contributed by atoms with Crippen molar-refractivity contribution in [2.45, 2.75) is 6.54 Å². The molecule has 0 aliphatic rings. The van der Waals surface area contributed by atoms with Gasteiger partial charge in [0.15, 0.2) is 11.6 Å². The highest BCUT2D eigenvalue weighted by atomic mass is 16.5. The van der Waals surface area contributed by atoms with E-state index in [0.717, 1.165) is 79.6 Å². The van der Waals surface area contributed by atoms with Crippen molar-refractivity contribution in [2.24, 2.45) is 0 Å². The SMILES string of the molecule is COc1ccc(CN(c2ccncc2)c2ccc(-c3ncc4ccccc4n3)cc2)cc1.c1ccc2nc(-c3ccc(Nc4ccncc4)cc3)ncc2c1. The Morgan fingerprint density at radius 1 is 0.509 bits per heavy atom. The molecule has 9 aromatic rings. The van der Waals surface area contributed by atoms with Gasteiger partial charge in [-0.3, -0.25) is 9.97 Å². The van der Waals surface area contributed by atoms with Crippen LogP contribution in [0.4, 0.5) is 22.7 Å². The lowest BCUT2D eigenvalue weighted by atomic mass is 10.1. The van der Waals surface area contributed by atoms with Crippen molar-refractivity contribution in [3.63, 3.8) is 0 Å².